The molecule has 156 valence electrons. The fourth-order valence-corrected chi connectivity index (χ4v) is 4.19. The first kappa shape index (κ1) is 18.4. The van der Waals surface area contributed by atoms with Crippen molar-refractivity contribution in [2.75, 3.05) is 6.61 Å². The number of nitrogens with two attached hydrogens (primary N) is 1. The van der Waals surface area contributed by atoms with Gasteiger partial charge in [-0.05, 0) is 42.0 Å². The van der Waals surface area contributed by atoms with E-state index in [9.17, 15) is 0 Å². The molecule has 3 aromatic heterocycles. The van der Waals surface area contributed by atoms with Crippen LogP contribution >= 0.6 is 0 Å². The monoisotopic (exact) mass is 425 g/mol. The van der Waals surface area contributed by atoms with Crippen molar-refractivity contribution in [1.82, 2.24) is 15.0 Å². The predicted octanol–water partition coefficient (Wildman–Crippen LogP) is 4.04. The van der Waals surface area contributed by atoms with Crippen LogP contribution in [0.5, 0.6) is 11.5 Å². The van der Waals surface area contributed by atoms with Crippen molar-refractivity contribution in [3.05, 3.63) is 90.4 Å². The summed E-state index contributed by atoms with van der Waals surface area (Å²) in [4.78, 5) is 17.1. The van der Waals surface area contributed by atoms with Gasteiger partial charge < -0.3 is 15.2 Å². The summed E-state index contributed by atoms with van der Waals surface area (Å²) in [5.41, 5.74) is 9.07. The van der Waals surface area contributed by atoms with E-state index in [4.69, 9.17) is 15.2 Å². The van der Waals surface area contributed by atoms with Crippen LogP contribution in [0, 0.1) is 5.95 Å². The Labute approximate surface area is 182 Å². The van der Waals surface area contributed by atoms with Gasteiger partial charge in [0, 0.05) is 47.0 Å². The van der Waals surface area contributed by atoms with Crippen molar-refractivity contribution in [1.29, 1.82) is 0 Å². The Hall–Kier alpha value is -4.33. The van der Waals surface area contributed by atoms with Crippen molar-refractivity contribution in [2.24, 2.45) is 10.7 Å². The lowest BCUT2D eigenvalue weighted by Gasteiger charge is -2.33. The molecule has 0 saturated carbocycles. The summed E-state index contributed by atoms with van der Waals surface area (Å²) < 4.78 is 26.8. The summed E-state index contributed by atoms with van der Waals surface area (Å²) in [6, 6.07) is 14.9. The van der Waals surface area contributed by atoms with Gasteiger partial charge in [0.2, 0.25) is 0 Å². The first-order chi connectivity index (χ1) is 15.6. The zero-order valence-corrected chi connectivity index (χ0v) is 16.7. The number of hydrogen-bond donors (Lipinski definition) is 1. The van der Waals surface area contributed by atoms with Gasteiger partial charge in [-0.15, -0.1) is 0 Å². The smallest absolute Gasteiger partial charge is 0.283 e. The minimum atomic E-state index is -1.06. The van der Waals surface area contributed by atoms with Crippen LogP contribution in [0.1, 0.15) is 11.1 Å². The van der Waals surface area contributed by atoms with E-state index in [2.05, 4.69) is 19.9 Å². The highest BCUT2D eigenvalue weighted by molar-refractivity contribution is 5.78. The van der Waals surface area contributed by atoms with Crippen molar-refractivity contribution in [2.45, 2.75) is 5.54 Å². The first-order valence-electron chi connectivity index (χ1n) is 9.96. The number of ether oxygens (including phenoxy) is 2. The molecule has 1 unspecified atom stereocenters. The molecular formula is C24H16FN5O2. The molecule has 4 aromatic rings. The number of aliphatic imine (C=N–C) groups is 1. The molecule has 32 heavy (non-hydrogen) atoms. The number of pyridine rings is 3. The van der Waals surface area contributed by atoms with Gasteiger partial charge in [-0.25, -0.2) is 9.98 Å². The molecule has 0 amide bonds. The van der Waals surface area contributed by atoms with E-state index in [-0.39, 0.29) is 18.4 Å². The second-order valence-corrected chi connectivity index (χ2v) is 7.57. The van der Waals surface area contributed by atoms with Gasteiger partial charge in [0.25, 0.3) is 12.0 Å². The minimum absolute atomic E-state index is 0.0151. The average Bonchev–Trinajstić information content (AvgIpc) is 3.23. The first-order valence-corrected chi connectivity index (χ1v) is 9.96. The van der Waals surface area contributed by atoms with Gasteiger partial charge in [0.15, 0.2) is 11.3 Å². The van der Waals surface area contributed by atoms with Crippen molar-refractivity contribution in [3.8, 4) is 33.9 Å². The zero-order valence-electron chi connectivity index (χ0n) is 16.7. The maximum atomic E-state index is 15.2. The molecule has 1 spiro atoms. The lowest BCUT2D eigenvalue weighted by atomic mass is 9.80. The Kier molecular flexibility index (Phi) is 3.94. The van der Waals surface area contributed by atoms with Crippen molar-refractivity contribution >= 4 is 6.02 Å². The van der Waals surface area contributed by atoms with Gasteiger partial charge in [0.05, 0.1) is 5.69 Å². The Morgan fingerprint density at radius 3 is 2.38 bits per heavy atom. The van der Waals surface area contributed by atoms with Crippen LogP contribution in [0.15, 0.2) is 78.3 Å². The zero-order chi connectivity index (χ0) is 21.7. The SMILES string of the molecule is NC1=NC2(CO1)c1cc(-c3cccnc3)ccc1Oc1c2cc(-c2cccnc2)nc1F. The summed E-state index contributed by atoms with van der Waals surface area (Å²) in [5.74, 6) is -0.244. The number of aromatic nitrogens is 3. The molecule has 6 rings (SSSR count). The van der Waals surface area contributed by atoms with E-state index in [1.54, 1.807) is 43.0 Å². The number of halogens is 1. The van der Waals surface area contributed by atoms with Crippen LogP contribution in [0.2, 0.25) is 0 Å². The maximum Gasteiger partial charge on any atom is 0.283 e. The second-order valence-electron chi connectivity index (χ2n) is 7.57. The van der Waals surface area contributed by atoms with E-state index in [1.807, 2.05) is 30.3 Å². The van der Waals surface area contributed by atoms with Gasteiger partial charge >= 0.3 is 0 Å². The number of nitrogens with zero attached hydrogens (tertiary/aromatic N) is 4. The lowest BCUT2D eigenvalue weighted by molar-refractivity contribution is 0.261. The third-order valence-electron chi connectivity index (χ3n) is 5.70. The molecule has 1 atom stereocenters. The van der Waals surface area contributed by atoms with E-state index in [0.29, 0.717) is 22.6 Å². The highest BCUT2D eigenvalue weighted by atomic mass is 19.1. The molecule has 2 N–H and O–H groups in total. The van der Waals surface area contributed by atoms with Gasteiger partial charge in [-0.2, -0.15) is 4.39 Å². The minimum Gasteiger partial charge on any atom is -0.462 e. The molecule has 0 saturated heterocycles. The largest absolute Gasteiger partial charge is 0.462 e. The summed E-state index contributed by atoms with van der Waals surface area (Å²) >= 11 is 0. The molecular weight excluding hydrogens is 409 g/mol. The van der Waals surface area contributed by atoms with E-state index >= 15 is 4.39 Å². The predicted molar refractivity (Wildman–Crippen MR) is 116 cm³/mol. The lowest BCUT2D eigenvalue weighted by Crippen LogP contribution is -2.32. The van der Waals surface area contributed by atoms with Crippen LogP contribution in [-0.2, 0) is 10.3 Å². The molecule has 2 aliphatic heterocycles. The average molecular weight is 425 g/mol. The molecule has 0 radical (unpaired) electrons. The third kappa shape index (κ3) is 2.73. The Bertz CT molecular complexity index is 1380. The Balaban J connectivity index is 1.59. The summed E-state index contributed by atoms with van der Waals surface area (Å²) in [6.45, 7) is 0.120. The highest BCUT2D eigenvalue weighted by Gasteiger charge is 2.48. The van der Waals surface area contributed by atoms with Crippen LogP contribution < -0.4 is 10.5 Å². The van der Waals surface area contributed by atoms with Crippen LogP contribution in [-0.4, -0.2) is 27.6 Å². The van der Waals surface area contributed by atoms with E-state index in [0.717, 1.165) is 16.7 Å². The third-order valence-corrected chi connectivity index (χ3v) is 5.70. The number of benzene rings is 1. The van der Waals surface area contributed by atoms with Crippen LogP contribution in [0.25, 0.3) is 22.4 Å². The maximum absolute atomic E-state index is 15.2. The van der Waals surface area contributed by atoms with Crippen LogP contribution in [0.3, 0.4) is 0 Å². The summed E-state index contributed by atoms with van der Waals surface area (Å²) in [5, 5.41) is 0. The Morgan fingerprint density at radius 2 is 1.69 bits per heavy atom. The molecule has 0 aliphatic carbocycles. The second kappa shape index (κ2) is 6.84. The van der Waals surface area contributed by atoms with E-state index < -0.39 is 11.5 Å². The van der Waals surface area contributed by atoms with Gasteiger partial charge in [0.1, 0.15) is 12.4 Å². The molecule has 5 heterocycles. The molecule has 8 heteroatoms. The number of fused-ring (bicyclic) bond motifs is 4. The Morgan fingerprint density at radius 1 is 0.906 bits per heavy atom. The number of hydrogen-bond acceptors (Lipinski definition) is 7. The number of amidine groups is 1. The molecule has 2 aliphatic rings. The highest BCUT2D eigenvalue weighted by Crippen LogP contribution is 2.52. The van der Waals surface area contributed by atoms with E-state index in [1.165, 1.54) is 0 Å². The standard InChI is InChI=1S/C24H16FN5O2/c25-22-21-18(10-19(29-22)16-4-2-8-28-12-16)24(13-31-23(26)30-24)17-9-14(5-6-20(17)32-21)15-3-1-7-27-11-15/h1-12H,13H2,(H2,26,30). The molecule has 1 aromatic carbocycles. The number of rotatable bonds is 2. The van der Waals surface area contributed by atoms with Crippen molar-refractivity contribution in [3.63, 3.8) is 0 Å². The molecule has 0 fully saturated rings. The topological polar surface area (TPSA) is 95.5 Å². The van der Waals surface area contributed by atoms with Crippen LogP contribution in [0.4, 0.5) is 4.39 Å². The quantitative estimate of drug-likeness (QED) is 0.487. The normalized spacial score (nSPS) is 18.3. The van der Waals surface area contributed by atoms with Crippen molar-refractivity contribution < 1.29 is 13.9 Å². The van der Waals surface area contributed by atoms with Gasteiger partial charge in [-0.3, -0.25) is 9.97 Å². The van der Waals surface area contributed by atoms with Gasteiger partial charge in [-0.1, -0.05) is 12.1 Å². The summed E-state index contributed by atoms with van der Waals surface area (Å²) in [7, 11) is 0. The fraction of sp³-hybridized carbons (Fsp3) is 0.0833. The fourth-order valence-electron chi connectivity index (χ4n) is 4.19. The summed E-state index contributed by atoms with van der Waals surface area (Å²) in [6.07, 6.45) is 6.77. The molecule has 0 bridgehead atoms. The molecule has 7 nitrogen and oxygen atoms in total.